The standard InChI is InChI=1S/C13H19N3O2S/c1-11-2-3-13(16(17)18)12(10-11)14-4-5-15-6-8-19-9-7-15/h2-3,10,14H,4-9H2,1H3. The lowest BCUT2D eigenvalue weighted by atomic mass is 10.2. The number of rotatable bonds is 5. The Balaban J connectivity index is 1.91. The van der Waals surface area contributed by atoms with Gasteiger partial charge in [0.25, 0.3) is 5.69 Å². The van der Waals surface area contributed by atoms with Crippen molar-refractivity contribution in [1.29, 1.82) is 0 Å². The monoisotopic (exact) mass is 281 g/mol. The van der Waals surface area contributed by atoms with Gasteiger partial charge in [0.15, 0.2) is 0 Å². The van der Waals surface area contributed by atoms with E-state index in [4.69, 9.17) is 0 Å². The summed E-state index contributed by atoms with van der Waals surface area (Å²) in [5.41, 5.74) is 1.80. The molecule has 1 aromatic rings. The van der Waals surface area contributed by atoms with Crippen molar-refractivity contribution in [3.05, 3.63) is 33.9 Å². The molecule has 0 atom stereocenters. The molecule has 0 spiro atoms. The van der Waals surface area contributed by atoms with Crippen molar-refractivity contribution < 1.29 is 4.92 Å². The highest BCUT2D eigenvalue weighted by atomic mass is 32.2. The lowest BCUT2D eigenvalue weighted by Crippen LogP contribution is -2.36. The number of benzene rings is 1. The van der Waals surface area contributed by atoms with Gasteiger partial charge in [-0.3, -0.25) is 15.0 Å². The molecule has 1 heterocycles. The van der Waals surface area contributed by atoms with Gasteiger partial charge < -0.3 is 5.32 Å². The fourth-order valence-electron chi connectivity index (χ4n) is 2.12. The highest BCUT2D eigenvalue weighted by Crippen LogP contribution is 2.24. The minimum atomic E-state index is -0.334. The number of aryl methyl sites for hydroxylation is 1. The average Bonchev–Trinajstić information content (AvgIpc) is 2.39. The van der Waals surface area contributed by atoms with Crippen LogP contribution in [0.5, 0.6) is 0 Å². The predicted molar refractivity (Wildman–Crippen MR) is 80.1 cm³/mol. The van der Waals surface area contributed by atoms with Gasteiger partial charge in [-0.2, -0.15) is 11.8 Å². The first-order valence-electron chi connectivity index (χ1n) is 6.46. The van der Waals surface area contributed by atoms with E-state index in [0.717, 1.165) is 31.7 Å². The maximum absolute atomic E-state index is 11.0. The SMILES string of the molecule is Cc1ccc([N+](=O)[O-])c(NCCN2CCSCC2)c1. The molecule has 1 aromatic carbocycles. The summed E-state index contributed by atoms with van der Waals surface area (Å²) in [5.74, 6) is 2.37. The van der Waals surface area contributed by atoms with Crippen LogP contribution in [0.2, 0.25) is 0 Å². The lowest BCUT2D eigenvalue weighted by Gasteiger charge is -2.26. The number of anilines is 1. The normalized spacial score (nSPS) is 16.3. The van der Waals surface area contributed by atoms with Crippen molar-refractivity contribution in [2.45, 2.75) is 6.92 Å². The summed E-state index contributed by atoms with van der Waals surface area (Å²) in [6.07, 6.45) is 0. The molecule has 0 unspecified atom stereocenters. The zero-order chi connectivity index (χ0) is 13.7. The van der Waals surface area contributed by atoms with Crippen LogP contribution in [-0.4, -0.2) is 47.5 Å². The second-order valence-electron chi connectivity index (χ2n) is 4.66. The van der Waals surface area contributed by atoms with Gasteiger partial charge in [0, 0.05) is 43.8 Å². The van der Waals surface area contributed by atoms with E-state index < -0.39 is 0 Å². The number of hydrogen-bond donors (Lipinski definition) is 1. The Morgan fingerprint density at radius 3 is 2.84 bits per heavy atom. The Morgan fingerprint density at radius 2 is 2.16 bits per heavy atom. The third kappa shape index (κ3) is 4.11. The predicted octanol–water partition coefficient (Wildman–Crippen LogP) is 2.36. The molecule has 0 saturated carbocycles. The number of nitrogens with one attached hydrogen (secondary N) is 1. The van der Waals surface area contributed by atoms with Crippen LogP contribution in [0.4, 0.5) is 11.4 Å². The van der Waals surface area contributed by atoms with Gasteiger partial charge in [0.2, 0.25) is 0 Å². The van der Waals surface area contributed by atoms with Crippen LogP contribution in [0.3, 0.4) is 0 Å². The first kappa shape index (κ1) is 14.1. The van der Waals surface area contributed by atoms with Crippen LogP contribution in [0.25, 0.3) is 0 Å². The Bertz CT molecular complexity index is 448. The molecule has 0 aliphatic carbocycles. The maximum Gasteiger partial charge on any atom is 0.292 e. The van der Waals surface area contributed by atoms with Crippen molar-refractivity contribution in [3.8, 4) is 0 Å². The Hall–Kier alpha value is -1.27. The molecule has 104 valence electrons. The maximum atomic E-state index is 11.0. The van der Waals surface area contributed by atoms with E-state index in [9.17, 15) is 10.1 Å². The van der Waals surface area contributed by atoms with Crippen LogP contribution in [-0.2, 0) is 0 Å². The van der Waals surface area contributed by atoms with Gasteiger partial charge >= 0.3 is 0 Å². The quantitative estimate of drug-likeness (QED) is 0.663. The van der Waals surface area contributed by atoms with E-state index in [0.29, 0.717) is 5.69 Å². The van der Waals surface area contributed by atoms with Gasteiger partial charge in [-0.15, -0.1) is 0 Å². The molecular formula is C13H19N3O2S. The van der Waals surface area contributed by atoms with E-state index >= 15 is 0 Å². The highest BCUT2D eigenvalue weighted by molar-refractivity contribution is 7.99. The van der Waals surface area contributed by atoms with Crippen molar-refractivity contribution in [2.24, 2.45) is 0 Å². The summed E-state index contributed by atoms with van der Waals surface area (Å²) in [6.45, 7) is 5.85. The van der Waals surface area contributed by atoms with E-state index in [2.05, 4.69) is 10.2 Å². The van der Waals surface area contributed by atoms with E-state index in [1.165, 1.54) is 11.5 Å². The Kier molecular flexibility index (Phi) is 5.04. The summed E-state index contributed by atoms with van der Waals surface area (Å²) >= 11 is 1.99. The first-order valence-corrected chi connectivity index (χ1v) is 7.61. The number of nitrogens with zero attached hydrogens (tertiary/aromatic N) is 2. The summed E-state index contributed by atoms with van der Waals surface area (Å²) in [5, 5.41) is 14.1. The molecule has 5 nitrogen and oxygen atoms in total. The molecule has 2 rings (SSSR count). The molecule has 1 aliphatic rings. The van der Waals surface area contributed by atoms with Gasteiger partial charge in [0.1, 0.15) is 5.69 Å². The Labute approximate surface area is 117 Å². The smallest absolute Gasteiger partial charge is 0.292 e. The summed E-state index contributed by atoms with van der Waals surface area (Å²) in [6, 6.07) is 5.17. The topological polar surface area (TPSA) is 58.4 Å². The third-order valence-electron chi connectivity index (χ3n) is 3.20. The largest absolute Gasteiger partial charge is 0.378 e. The van der Waals surface area contributed by atoms with Crippen molar-refractivity contribution >= 4 is 23.1 Å². The number of thioether (sulfide) groups is 1. The molecule has 1 saturated heterocycles. The van der Waals surface area contributed by atoms with E-state index in [1.807, 2.05) is 24.8 Å². The fraction of sp³-hybridized carbons (Fsp3) is 0.538. The van der Waals surface area contributed by atoms with Gasteiger partial charge in [0.05, 0.1) is 4.92 Å². The molecule has 6 heteroatoms. The van der Waals surface area contributed by atoms with Gasteiger partial charge in [-0.1, -0.05) is 6.07 Å². The van der Waals surface area contributed by atoms with Crippen molar-refractivity contribution in [3.63, 3.8) is 0 Å². The van der Waals surface area contributed by atoms with E-state index in [-0.39, 0.29) is 10.6 Å². The van der Waals surface area contributed by atoms with Gasteiger partial charge in [-0.25, -0.2) is 0 Å². The second kappa shape index (κ2) is 6.77. The minimum Gasteiger partial charge on any atom is -0.378 e. The molecule has 0 bridgehead atoms. The molecule has 0 aromatic heterocycles. The van der Waals surface area contributed by atoms with Crippen LogP contribution in [0, 0.1) is 17.0 Å². The molecule has 1 fully saturated rings. The summed E-state index contributed by atoms with van der Waals surface area (Å²) < 4.78 is 0. The van der Waals surface area contributed by atoms with E-state index in [1.54, 1.807) is 12.1 Å². The lowest BCUT2D eigenvalue weighted by molar-refractivity contribution is -0.384. The summed E-state index contributed by atoms with van der Waals surface area (Å²) in [4.78, 5) is 13.0. The fourth-order valence-corrected chi connectivity index (χ4v) is 3.10. The molecule has 0 amide bonds. The van der Waals surface area contributed by atoms with Crippen LogP contribution in [0.1, 0.15) is 5.56 Å². The molecule has 0 radical (unpaired) electrons. The minimum absolute atomic E-state index is 0.153. The highest BCUT2D eigenvalue weighted by Gasteiger charge is 2.14. The molecule has 19 heavy (non-hydrogen) atoms. The van der Waals surface area contributed by atoms with Crippen LogP contribution < -0.4 is 5.32 Å². The first-order chi connectivity index (χ1) is 9.16. The van der Waals surface area contributed by atoms with Crippen molar-refractivity contribution in [1.82, 2.24) is 4.90 Å². The zero-order valence-corrected chi connectivity index (χ0v) is 11.9. The average molecular weight is 281 g/mol. The number of nitro groups is 1. The number of nitro benzene ring substituents is 1. The molecular weight excluding hydrogens is 262 g/mol. The molecule has 1 aliphatic heterocycles. The zero-order valence-electron chi connectivity index (χ0n) is 11.1. The molecule has 1 N–H and O–H groups in total. The second-order valence-corrected chi connectivity index (χ2v) is 5.88. The Morgan fingerprint density at radius 1 is 1.42 bits per heavy atom. The number of hydrogen-bond acceptors (Lipinski definition) is 5. The van der Waals surface area contributed by atoms with Crippen LogP contribution in [0.15, 0.2) is 18.2 Å². The van der Waals surface area contributed by atoms with Crippen molar-refractivity contribution in [2.75, 3.05) is 43.0 Å². The van der Waals surface area contributed by atoms with Crippen LogP contribution >= 0.6 is 11.8 Å². The third-order valence-corrected chi connectivity index (χ3v) is 4.14. The van der Waals surface area contributed by atoms with Gasteiger partial charge in [-0.05, 0) is 18.6 Å². The summed E-state index contributed by atoms with van der Waals surface area (Å²) in [7, 11) is 0.